The van der Waals surface area contributed by atoms with E-state index in [-0.39, 0.29) is 32.4 Å². The van der Waals surface area contributed by atoms with Crippen molar-refractivity contribution in [2.45, 2.75) is 101 Å². The number of sulfonamides is 1. The van der Waals surface area contributed by atoms with Gasteiger partial charge in [0.25, 0.3) is 5.91 Å². The zero-order chi connectivity index (χ0) is 37.5. The maximum Gasteiger partial charge on any atom is 0.289 e. The molecule has 0 bridgehead atoms. The Bertz CT molecular complexity index is 1420. The third kappa shape index (κ3) is 14.0. The van der Waals surface area contributed by atoms with Crippen LogP contribution in [0.5, 0.6) is 0 Å². The Morgan fingerprint density at radius 2 is 1.58 bits per heavy atom. The molecule has 1 aromatic rings. The molecule has 3 heterocycles. The fourth-order valence-electron chi connectivity index (χ4n) is 7.30. The first-order valence-electron chi connectivity index (χ1n) is 18.8. The van der Waals surface area contributed by atoms with Gasteiger partial charge in [-0.3, -0.25) is 19.2 Å². The second-order valence-electron chi connectivity index (χ2n) is 14.5. The Balaban J connectivity index is 1.49. The number of carbonyl (C=O) groups excluding carboxylic acids is 4. The van der Waals surface area contributed by atoms with Gasteiger partial charge in [-0.15, -0.1) is 0 Å². The highest BCUT2D eigenvalue weighted by Gasteiger charge is 2.44. The van der Waals surface area contributed by atoms with Gasteiger partial charge in [0.05, 0.1) is 25.0 Å². The lowest BCUT2D eigenvalue weighted by Gasteiger charge is -2.30. The van der Waals surface area contributed by atoms with Crippen LogP contribution in [-0.2, 0) is 40.5 Å². The number of Topliss-reactive ketones (excluding diaryl/α,β-unsaturated/α-hetero) is 1. The minimum atomic E-state index is -3.77. The van der Waals surface area contributed by atoms with Gasteiger partial charge in [0.15, 0.2) is 0 Å². The van der Waals surface area contributed by atoms with Crippen molar-refractivity contribution in [2.75, 3.05) is 52.1 Å². The first-order valence-corrected chi connectivity index (χ1v) is 21.1. The van der Waals surface area contributed by atoms with Gasteiger partial charge in [-0.25, -0.2) is 13.1 Å². The number of rotatable bonds is 20. The number of benzene rings is 1. The van der Waals surface area contributed by atoms with Gasteiger partial charge in [-0.05, 0) is 126 Å². The molecule has 0 aliphatic carbocycles. The van der Waals surface area contributed by atoms with E-state index in [0.717, 1.165) is 70.1 Å². The summed E-state index contributed by atoms with van der Waals surface area (Å²) < 4.78 is 33.6. The molecule has 3 amide bonds. The highest BCUT2D eigenvalue weighted by molar-refractivity contribution is 7.88. The van der Waals surface area contributed by atoms with Crippen molar-refractivity contribution < 1.29 is 32.3 Å². The van der Waals surface area contributed by atoms with E-state index in [1.54, 1.807) is 12.1 Å². The van der Waals surface area contributed by atoms with E-state index in [1.807, 2.05) is 12.1 Å². The summed E-state index contributed by atoms with van der Waals surface area (Å²) in [5.41, 5.74) is 6.56. The number of nitrogens with one attached hydrogen (secondary N) is 5. The molecular weight excluding hydrogens is 710 g/mol. The number of nitrogens with zero attached hydrogens (tertiary/aromatic N) is 1. The Labute approximate surface area is 313 Å². The molecular formula is C36H58ClN7O7S. The lowest BCUT2D eigenvalue weighted by molar-refractivity contribution is -0.143. The second kappa shape index (κ2) is 21.3. The van der Waals surface area contributed by atoms with Crippen LogP contribution >= 0.6 is 11.6 Å². The Hall–Kier alpha value is -2.66. The first-order chi connectivity index (χ1) is 24.9. The summed E-state index contributed by atoms with van der Waals surface area (Å²) in [6.45, 7) is 4.60. The maximum atomic E-state index is 14.2. The SMILES string of the molecule is CS(=O)(=O)N[C@H](CCC1CCNCC1)C(=O)N1C[C@H](OCc2ccc(Cl)cc2)C[C@H]1C(=O)N[C@@H](CCCCN)C(=O)C(=O)NCCC1CCNCC1. The molecule has 4 atom stereocenters. The van der Waals surface area contributed by atoms with Crippen molar-refractivity contribution in [3.63, 3.8) is 0 Å². The minimum Gasteiger partial charge on any atom is -0.372 e. The Morgan fingerprint density at radius 3 is 2.19 bits per heavy atom. The number of unbranched alkanes of at least 4 members (excludes halogenated alkanes) is 1. The van der Waals surface area contributed by atoms with Crippen LogP contribution in [0.2, 0.25) is 5.02 Å². The molecule has 0 saturated carbocycles. The van der Waals surface area contributed by atoms with Gasteiger partial charge in [-0.1, -0.05) is 23.7 Å². The van der Waals surface area contributed by atoms with Gasteiger partial charge in [0.2, 0.25) is 27.6 Å². The van der Waals surface area contributed by atoms with Gasteiger partial charge in [0.1, 0.15) is 12.1 Å². The smallest absolute Gasteiger partial charge is 0.289 e. The van der Waals surface area contributed by atoms with Crippen LogP contribution in [0, 0.1) is 11.8 Å². The Morgan fingerprint density at radius 1 is 0.942 bits per heavy atom. The normalized spacial score (nSPS) is 21.4. The molecule has 292 valence electrons. The zero-order valence-corrected chi connectivity index (χ0v) is 31.9. The molecule has 3 saturated heterocycles. The summed E-state index contributed by atoms with van der Waals surface area (Å²) >= 11 is 6.04. The number of ketones is 1. The quantitative estimate of drug-likeness (QED) is 0.0828. The standard InChI is InChI=1S/C36H58ClN7O7S/c1-52(49,50)43-31(10-7-25-11-17-39-18-12-25)36(48)44-23-29(51-24-27-5-8-28(37)9-6-27)22-32(44)34(46)42-30(4-2-3-16-38)33(45)35(47)41-21-15-26-13-19-40-20-14-26/h5-6,8-9,25-26,29-32,39-40,43H,2-4,7,10-24,38H2,1H3,(H,41,47)(H,42,46)/t29-,30+,31-,32+/m1/s1. The number of amides is 3. The molecule has 7 N–H and O–H groups in total. The van der Waals surface area contributed by atoms with Crippen molar-refractivity contribution >= 4 is 45.1 Å². The molecule has 1 aromatic carbocycles. The van der Waals surface area contributed by atoms with Crippen LogP contribution in [0.15, 0.2) is 24.3 Å². The number of piperidine rings is 2. The highest BCUT2D eigenvalue weighted by atomic mass is 35.5. The summed E-state index contributed by atoms with van der Waals surface area (Å²) in [5, 5.41) is 12.7. The lowest BCUT2D eigenvalue weighted by atomic mass is 9.91. The molecule has 52 heavy (non-hydrogen) atoms. The number of hydrogen-bond donors (Lipinski definition) is 6. The van der Waals surface area contributed by atoms with Crippen molar-refractivity contribution in [3.8, 4) is 0 Å². The monoisotopic (exact) mass is 767 g/mol. The van der Waals surface area contributed by atoms with Crippen LogP contribution in [0.3, 0.4) is 0 Å². The number of halogens is 1. The third-order valence-electron chi connectivity index (χ3n) is 10.3. The topological polar surface area (TPSA) is 201 Å². The molecule has 0 spiro atoms. The molecule has 14 nitrogen and oxygen atoms in total. The fraction of sp³-hybridized carbons (Fsp3) is 0.722. The third-order valence-corrected chi connectivity index (χ3v) is 11.3. The summed E-state index contributed by atoms with van der Waals surface area (Å²) in [4.78, 5) is 56.2. The van der Waals surface area contributed by atoms with E-state index in [2.05, 4.69) is 26.0 Å². The highest BCUT2D eigenvalue weighted by Crippen LogP contribution is 2.26. The van der Waals surface area contributed by atoms with E-state index in [9.17, 15) is 27.6 Å². The largest absolute Gasteiger partial charge is 0.372 e. The molecule has 3 aliphatic rings. The van der Waals surface area contributed by atoms with E-state index < -0.39 is 57.8 Å². The predicted molar refractivity (Wildman–Crippen MR) is 200 cm³/mol. The van der Waals surface area contributed by atoms with Crippen LogP contribution in [0.4, 0.5) is 0 Å². The van der Waals surface area contributed by atoms with Crippen molar-refractivity contribution in [2.24, 2.45) is 17.6 Å². The van der Waals surface area contributed by atoms with Gasteiger partial charge < -0.3 is 36.6 Å². The first kappa shape index (κ1) is 42.1. The average molecular weight is 768 g/mol. The molecule has 3 aliphatic heterocycles. The van der Waals surface area contributed by atoms with Crippen LogP contribution < -0.4 is 31.7 Å². The summed E-state index contributed by atoms with van der Waals surface area (Å²) in [6, 6.07) is 3.89. The Kier molecular flexibility index (Phi) is 17.2. The van der Waals surface area contributed by atoms with E-state index in [4.69, 9.17) is 22.1 Å². The molecule has 3 fully saturated rings. The van der Waals surface area contributed by atoms with Crippen LogP contribution in [0.25, 0.3) is 0 Å². The number of hydrogen-bond acceptors (Lipinski definition) is 10. The molecule has 0 unspecified atom stereocenters. The predicted octanol–water partition coefficient (Wildman–Crippen LogP) is 1.21. The number of ether oxygens (including phenoxy) is 1. The molecule has 0 aromatic heterocycles. The summed E-state index contributed by atoms with van der Waals surface area (Å²) in [5.74, 6) is -1.82. The maximum absolute atomic E-state index is 14.2. The minimum absolute atomic E-state index is 0.0444. The molecule has 4 rings (SSSR count). The zero-order valence-electron chi connectivity index (χ0n) is 30.4. The summed E-state index contributed by atoms with van der Waals surface area (Å²) in [7, 11) is -3.77. The van der Waals surface area contributed by atoms with E-state index in [1.165, 1.54) is 4.90 Å². The van der Waals surface area contributed by atoms with Crippen molar-refractivity contribution in [3.05, 3.63) is 34.9 Å². The molecule has 0 radical (unpaired) electrons. The second-order valence-corrected chi connectivity index (χ2v) is 16.7. The lowest BCUT2D eigenvalue weighted by Crippen LogP contribution is -2.56. The van der Waals surface area contributed by atoms with Gasteiger partial charge >= 0.3 is 0 Å². The van der Waals surface area contributed by atoms with E-state index in [0.29, 0.717) is 49.2 Å². The van der Waals surface area contributed by atoms with Gasteiger partial charge in [-0.2, -0.15) is 0 Å². The van der Waals surface area contributed by atoms with E-state index >= 15 is 0 Å². The van der Waals surface area contributed by atoms with Crippen molar-refractivity contribution in [1.29, 1.82) is 0 Å². The van der Waals surface area contributed by atoms with Crippen LogP contribution in [0.1, 0.15) is 76.2 Å². The van der Waals surface area contributed by atoms with Crippen molar-refractivity contribution in [1.82, 2.24) is 30.9 Å². The number of nitrogens with two attached hydrogens (primary N) is 1. The average Bonchev–Trinajstić information content (AvgIpc) is 3.57. The van der Waals surface area contributed by atoms with Crippen LogP contribution in [-0.4, -0.2) is 113 Å². The summed E-state index contributed by atoms with van der Waals surface area (Å²) in [6.07, 6.45) is 7.47. The fourth-order valence-corrected chi connectivity index (χ4v) is 8.17. The van der Waals surface area contributed by atoms with Gasteiger partial charge in [0, 0.05) is 24.5 Å². The number of carbonyl (C=O) groups is 4. The number of likely N-dealkylation sites (tertiary alicyclic amines) is 1. The molecule has 16 heteroatoms.